The monoisotopic (exact) mass is 916 g/mol. The highest BCUT2D eigenvalue weighted by molar-refractivity contribution is 5.82. The fourth-order valence-electron chi connectivity index (χ4n) is 11.7. The second-order valence-electron chi connectivity index (χ2n) is 25.6. The van der Waals surface area contributed by atoms with Crippen LogP contribution in [0.15, 0.2) is 0 Å². The maximum Gasteiger partial charge on any atom is 0.347 e. The third kappa shape index (κ3) is 13.5. The Kier molecular flexibility index (Phi) is 15.8. The van der Waals surface area contributed by atoms with E-state index in [4.69, 9.17) is 18.9 Å². The Morgan fingerprint density at radius 2 is 1.03 bits per heavy atom. The number of piperidine rings is 1. The van der Waals surface area contributed by atoms with Gasteiger partial charge in [0.25, 0.3) is 0 Å². The molecule has 8 saturated carbocycles. The topological polar surface area (TPSA) is 172 Å². The second-order valence-corrected chi connectivity index (χ2v) is 25.6. The summed E-state index contributed by atoms with van der Waals surface area (Å²) in [5.74, 6) is 3.23. The van der Waals surface area contributed by atoms with Crippen LogP contribution in [0.25, 0.3) is 0 Å². The van der Waals surface area contributed by atoms with Gasteiger partial charge in [0.1, 0.15) is 17.3 Å². The van der Waals surface area contributed by atoms with E-state index in [1.165, 1.54) is 38.5 Å². The molecule has 2 heterocycles. The molecule has 0 radical (unpaired) electrons. The van der Waals surface area contributed by atoms with Crippen LogP contribution in [0.2, 0.25) is 0 Å². The van der Waals surface area contributed by atoms with Crippen molar-refractivity contribution < 1.29 is 57.6 Å². The molecule has 65 heavy (non-hydrogen) atoms. The lowest BCUT2D eigenvalue weighted by atomic mass is 9.50. The van der Waals surface area contributed by atoms with Crippen molar-refractivity contribution in [3.63, 3.8) is 0 Å². The second kappa shape index (κ2) is 19.4. The van der Waals surface area contributed by atoms with Crippen molar-refractivity contribution in [2.75, 3.05) is 19.7 Å². The molecule has 3 unspecified atom stereocenters. The van der Waals surface area contributed by atoms with E-state index in [9.17, 15) is 33.9 Å². The lowest BCUT2D eigenvalue weighted by Crippen LogP contribution is -2.60. The molecule has 0 aromatic heterocycles. The molecule has 3 atom stereocenters. The molecule has 2 aliphatic heterocycles. The summed E-state index contributed by atoms with van der Waals surface area (Å²) in [5.41, 5.74) is -2.92. The Labute approximate surface area is 389 Å². The van der Waals surface area contributed by atoms with E-state index >= 15 is 0 Å². The Morgan fingerprint density at radius 1 is 0.600 bits per heavy atom. The van der Waals surface area contributed by atoms with Crippen LogP contribution in [-0.2, 0) is 52.5 Å². The van der Waals surface area contributed by atoms with Gasteiger partial charge in [-0.15, -0.1) is 0 Å². The molecule has 10 fully saturated rings. The molecule has 1 N–H and O–H groups in total. The van der Waals surface area contributed by atoms with Crippen LogP contribution < -0.4 is 0 Å². The summed E-state index contributed by atoms with van der Waals surface area (Å²) in [7, 11) is 0. The zero-order valence-electron chi connectivity index (χ0n) is 42.5. The minimum Gasteiger partial charge on any atom is -0.463 e. The van der Waals surface area contributed by atoms with Gasteiger partial charge in [-0.1, -0.05) is 0 Å². The van der Waals surface area contributed by atoms with Crippen LogP contribution in [-0.4, -0.2) is 94.5 Å². The molecule has 2 saturated heterocycles. The van der Waals surface area contributed by atoms with Gasteiger partial charge in [0.05, 0.1) is 33.9 Å². The third-order valence-electron chi connectivity index (χ3n) is 15.1. The average molecular weight is 916 g/mol. The van der Waals surface area contributed by atoms with Crippen LogP contribution in [0.5, 0.6) is 0 Å². The first-order valence-corrected chi connectivity index (χ1v) is 24.7. The SMILES string of the molecule is CC(=O)N1CCC(OC(=O)C(C)(C)C)CC1.CC(C)(C)C(=O)OC1(C)C2CC3CC(C2)CC1C3.CC(C)(C)C(=O)OC12CC3CC(CC(O)(C3)C1)C2.CC(C)(C)C(=O)OC1CCOC1=O. The first-order valence-electron chi connectivity index (χ1n) is 24.7. The van der Waals surface area contributed by atoms with Gasteiger partial charge < -0.3 is 33.7 Å². The molecule has 1 amide bonds. The molecule has 370 valence electrons. The number of amides is 1. The predicted octanol–water partition coefficient (Wildman–Crippen LogP) is 8.93. The lowest BCUT2D eigenvalue weighted by molar-refractivity contribution is -0.225. The number of ether oxygens (including phenoxy) is 5. The Morgan fingerprint density at radius 3 is 1.43 bits per heavy atom. The summed E-state index contributed by atoms with van der Waals surface area (Å²) in [4.78, 5) is 71.2. The smallest absolute Gasteiger partial charge is 0.347 e. The van der Waals surface area contributed by atoms with Gasteiger partial charge in [-0.25, -0.2) is 4.79 Å². The number of carbonyl (C=O) groups excluding carboxylic acids is 6. The number of esters is 5. The zero-order chi connectivity index (χ0) is 48.7. The largest absolute Gasteiger partial charge is 0.463 e. The minimum atomic E-state index is -0.688. The van der Waals surface area contributed by atoms with Crippen molar-refractivity contribution in [1.29, 1.82) is 0 Å². The molecular formula is C52H85NO12. The number of hydrogen-bond donors (Lipinski definition) is 1. The first-order chi connectivity index (χ1) is 29.7. The fraction of sp³-hybridized carbons (Fsp3) is 0.885. The van der Waals surface area contributed by atoms with E-state index in [2.05, 4.69) is 11.7 Å². The zero-order valence-corrected chi connectivity index (χ0v) is 42.5. The highest BCUT2D eigenvalue weighted by Crippen LogP contribution is 2.60. The highest BCUT2D eigenvalue weighted by Gasteiger charge is 2.60. The molecule has 10 rings (SSSR count). The Balaban J connectivity index is 0.000000164. The van der Waals surface area contributed by atoms with Crippen molar-refractivity contribution >= 4 is 35.8 Å². The van der Waals surface area contributed by atoms with E-state index in [0.29, 0.717) is 56.2 Å². The average Bonchev–Trinajstić information content (AvgIpc) is 3.55. The molecule has 0 aromatic rings. The van der Waals surface area contributed by atoms with Crippen molar-refractivity contribution in [1.82, 2.24) is 4.90 Å². The van der Waals surface area contributed by atoms with Gasteiger partial charge >= 0.3 is 29.8 Å². The molecule has 13 nitrogen and oxygen atoms in total. The first kappa shape index (κ1) is 52.7. The maximum atomic E-state index is 12.2. The summed E-state index contributed by atoms with van der Waals surface area (Å²) in [6, 6.07) is 0. The number of nitrogens with zero attached hydrogens (tertiary/aromatic N) is 1. The maximum absolute atomic E-state index is 12.2. The van der Waals surface area contributed by atoms with Gasteiger partial charge in [0, 0.05) is 45.7 Å². The lowest BCUT2D eigenvalue weighted by Gasteiger charge is -2.59. The highest BCUT2D eigenvalue weighted by atomic mass is 16.6. The number of carbonyl (C=O) groups is 6. The number of cyclic esters (lactones) is 1. The van der Waals surface area contributed by atoms with Crippen molar-refractivity contribution in [3.8, 4) is 0 Å². The fourth-order valence-corrected chi connectivity index (χ4v) is 11.7. The van der Waals surface area contributed by atoms with Gasteiger partial charge in [0.15, 0.2) is 0 Å². The van der Waals surface area contributed by atoms with Crippen molar-refractivity contribution in [2.24, 2.45) is 57.2 Å². The molecular weight excluding hydrogens is 831 g/mol. The normalized spacial score (nSPS) is 34.7. The standard InChI is InChI=1S/C16H26O2.C15H24O3.C12H21NO3.C9H14O4/c1-15(2,3)14(17)18-16(4)12-6-10-5-11(8-12)9-13(16)7-10;1-13(2,3)12(16)18-15-7-10-4-11(8-15)6-14(17,5-10)9-15;1-9(14)13-7-5-10(6-8-13)16-11(15)12(2,3)4;1-9(2,3)8(11)13-6-4-5-12-7(6)10/h10-13H,5-9H2,1-4H3;10-11,17H,4-9H2,1-3H3;10H,5-8H2,1-4H3;6H,4-5H2,1-3H3. The van der Waals surface area contributed by atoms with Crippen LogP contribution in [0.4, 0.5) is 0 Å². The van der Waals surface area contributed by atoms with Crippen LogP contribution in [0.3, 0.4) is 0 Å². The Bertz CT molecular complexity index is 1710. The molecule has 0 aromatic carbocycles. The predicted molar refractivity (Wildman–Crippen MR) is 245 cm³/mol. The van der Waals surface area contributed by atoms with Crippen LogP contribution >= 0.6 is 0 Å². The number of hydrogen-bond acceptors (Lipinski definition) is 12. The minimum absolute atomic E-state index is 0.0162. The summed E-state index contributed by atoms with van der Waals surface area (Å²) < 4.78 is 27.0. The van der Waals surface area contributed by atoms with Gasteiger partial charge in [-0.3, -0.25) is 24.0 Å². The van der Waals surface area contributed by atoms with E-state index < -0.39 is 33.9 Å². The molecule has 8 aliphatic carbocycles. The number of rotatable bonds is 4. The molecule has 0 spiro atoms. The Hall–Kier alpha value is -3.22. The van der Waals surface area contributed by atoms with Gasteiger partial charge in [-0.05, 0) is 190 Å². The quantitative estimate of drug-likeness (QED) is 0.210. The third-order valence-corrected chi connectivity index (χ3v) is 15.1. The molecule has 10 aliphatic rings. The van der Waals surface area contributed by atoms with Crippen molar-refractivity contribution in [3.05, 3.63) is 0 Å². The van der Waals surface area contributed by atoms with Gasteiger partial charge in [0.2, 0.25) is 12.0 Å². The summed E-state index contributed by atoms with van der Waals surface area (Å²) in [6.45, 7) is 27.8. The summed E-state index contributed by atoms with van der Waals surface area (Å²) in [6.07, 6.45) is 13.5. The number of likely N-dealkylation sites (tertiary alicyclic amines) is 1. The van der Waals surface area contributed by atoms with E-state index in [0.717, 1.165) is 50.4 Å². The van der Waals surface area contributed by atoms with Gasteiger partial charge in [-0.2, -0.15) is 0 Å². The van der Waals surface area contributed by atoms with Crippen LogP contribution in [0.1, 0.15) is 187 Å². The molecule has 8 bridgehead atoms. The summed E-state index contributed by atoms with van der Waals surface area (Å²) >= 11 is 0. The van der Waals surface area contributed by atoms with Crippen LogP contribution in [0, 0.1) is 57.2 Å². The molecule has 13 heteroatoms. The van der Waals surface area contributed by atoms with E-state index in [1.54, 1.807) is 32.6 Å². The number of aliphatic hydroxyl groups is 1. The van der Waals surface area contributed by atoms with E-state index in [-0.39, 0.29) is 52.5 Å². The van der Waals surface area contributed by atoms with Crippen molar-refractivity contribution in [2.45, 2.75) is 216 Å². The van der Waals surface area contributed by atoms with E-state index in [1.807, 2.05) is 62.3 Å². The summed E-state index contributed by atoms with van der Waals surface area (Å²) in [5, 5.41) is 10.6.